The smallest absolute Gasteiger partial charge is 0.404 e. The van der Waals surface area contributed by atoms with Crippen molar-refractivity contribution in [1.29, 1.82) is 0 Å². The van der Waals surface area contributed by atoms with Gasteiger partial charge in [0.05, 0.1) is 0 Å². The fourth-order valence-corrected chi connectivity index (χ4v) is 3.50. The highest BCUT2D eigenvalue weighted by molar-refractivity contribution is 5.64. The van der Waals surface area contributed by atoms with Gasteiger partial charge in [0.15, 0.2) is 0 Å². The van der Waals surface area contributed by atoms with Crippen LogP contribution in [-0.4, -0.2) is 12.2 Å². The highest BCUT2D eigenvalue weighted by atomic mass is 16.6. The molecular weight excluding hydrogens is 238 g/mol. The van der Waals surface area contributed by atoms with Crippen molar-refractivity contribution in [2.75, 3.05) is 0 Å². The summed E-state index contributed by atoms with van der Waals surface area (Å²) < 4.78 is 5.56. The SMILES string of the molecule is CC1CC(C(C)(C)C)C(OC(N)=O)C(C(C)(C)C)C1. The molecule has 0 heterocycles. The van der Waals surface area contributed by atoms with E-state index in [1.165, 1.54) is 0 Å². The molecule has 1 rings (SSSR count). The third kappa shape index (κ3) is 4.12. The lowest BCUT2D eigenvalue weighted by Gasteiger charge is -2.50. The second-order valence-electron chi connectivity index (χ2n) is 8.42. The molecule has 19 heavy (non-hydrogen) atoms. The van der Waals surface area contributed by atoms with Crippen molar-refractivity contribution < 1.29 is 9.53 Å². The van der Waals surface area contributed by atoms with Crippen LogP contribution in [0.15, 0.2) is 0 Å². The quantitative estimate of drug-likeness (QED) is 0.775. The van der Waals surface area contributed by atoms with Crippen molar-refractivity contribution in [1.82, 2.24) is 0 Å². The number of nitrogens with two attached hydrogens (primary N) is 1. The van der Waals surface area contributed by atoms with Gasteiger partial charge in [0.2, 0.25) is 0 Å². The average Bonchev–Trinajstić information content (AvgIpc) is 2.16. The molecule has 0 aromatic carbocycles. The largest absolute Gasteiger partial charge is 0.446 e. The molecule has 0 aromatic heterocycles. The lowest BCUT2D eigenvalue weighted by Crippen LogP contribution is -2.50. The second-order valence-corrected chi connectivity index (χ2v) is 8.42. The standard InChI is InChI=1S/C16H31NO2/c1-10-8-11(15(2,3)4)13(19-14(17)18)12(9-10)16(5,6)7/h10-13H,8-9H2,1-7H3,(H2,17,18). The van der Waals surface area contributed by atoms with Crippen LogP contribution in [0.2, 0.25) is 0 Å². The van der Waals surface area contributed by atoms with E-state index < -0.39 is 6.09 Å². The van der Waals surface area contributed by atoms with Gasteiger partial charge in [0.1, 0.15) is 6.10 Å². The Hall–Kier alpha value is -0.730. The second kappa shape index (κ2) is 5.34. The highest BCUT2D eigenvalue weighted by Crippen LogP contribution is 2.49. The number of hydrogen-bond acceptors (Lipinski definition) is 2. The molecule has 0 bridgehead atoms. The van der Waals surface area contributed by atoms with Crippen LogP contribution in [0.1, 0.15) is 61.3 Å². The Bertz CT molecular complexity index is 301. The van der Waals surface area contributed by atoms with Crippen molar-refractivity contribution in [2.24, 2.45) is 34.3 Å². The van der Waals surface area contributed by atoms with Crippen molar-refractivity contribution in [2.45, 2.75) is 67.4 Å². The molecule has 3 nitrogen and oxygen atoms in total. The first kappa shape index (κ1) is 16.3. The molecular formula is C16H31NO2. The van der Waals surface area contributed by atoms with Crippen LogP contribution in [0.5, 0.6) is 0 Å². The minimum Gasteiger partial charge on any atom is -0.446 e. The molecule has 3 heteroatoms. The summed E-state index contributed by atoms with van der Waals surface area (Å²) in [5.74, 6) is 1.40. The lowest BCUT2D eigenvalue weighted by molar-refractivity contribution is -0.0841. The van der Waals surface area contributed by atoms with Crippen molar-refractivity contribution in [3.63, 3.8) is 0 Å². The summed E-state index contributed by atoms with van der Waals surface area (Å²) in [5.41, 5.74) is 5.55. The molecule has 0 spiro atoms. The number of primary amides is 1. The maximum atomic E-state index is 11.3. The van der Waals surface area contributed by atoms with E-state index in [4.69, 9.17) is 10.5 Å². The normalized spacial score (nSPS) is 33.0. The summed E-state index contributed by atoms with van der Waals surface area (Å²) in [6, 6.07) is 0. The van der Waals surface area contributed by atoms with E-state index in [0.29, 0.717) is 17.8 Å². The van der Waals surface area contributed by atoms with Crippen LogP contribution >= 0.6 is 0 Å². The predicted octanol–water partition coefficient (Wildman–Crippen LogP) is 4.20. The van der Waals surface area contributed by atoms with Gasteiger partial charge < -0.3 is 10.5 Å². The fraction of sp³-hybridized carbons (Fsp3) is 0.938. The Morgan fingerprint density at radius 3 is 1.63 bits per heavy atom. The van der Waals surface area contributed by atoms with Crippen LogP contribution in [0, 0.1) is 28.6 Å². The molecule has 2 atom stereocenters. The molecule has 0 aromatic rings. The minimum absolute atomic E-state index is 0.0614. The zero-order valence-electron chi connectivity index (χ0n) is 13.6. The van der Waals surface area contributed by atoms with Gasteiger partial charge in [-0.3, -0.25) is 0 Å². The Morgan fingerprint density at radius 1 is 1.00 bits per heavy atom. The van der Waals surface area contributed by atoms with Crippen molar-refractivity contribution in [3.05, 3.63) is 0 Å². The number of amides is 1. The Labute approximate surface area is 118 Å². The van der Waals surface area contributed by atoms with Crippen LogP contribution in [0.25, 0.3) is 0 Å². The van der Waals surface area contributed by atoms with Gasteiger partial charge >= 0.3 is 6.09 Å². The summed E-state index contributed by atoms with van der Waals surface area (Å²) in [7, 11) is 0. The topological polar surface area (TPSA) is 52.3 Å². The predicted molar refractivity (Wildman–Crippen MR) is 78.7 cm³/mol. The van der Waals surface area contributed by atoms with E-state index in [2.05, 4.69) is 48.5 Å². The molecule has 2 unspecified atom stereocenters. The van der Waals surface area contributed by atoms with Crippen LogP contribution < -0.4 is 5.73 Å². The van der Waals surface area contributed by atoms with Crippen LogP contribution in [-0.2, 0) is 4.74 Å². The molecule has 1 aliphatic carbocycles. The summed E-state index contributed by atoms with van der Waals surface area (Å²) >= 11 is 0. The fourth-order valence-electron chi connectivity index (χ4n) is 3.50. The van der Waals surface area contributed by atoms with Crippen molar-refractivity contribution >= 4 is 6.09 Å². The van der Waals surface area contributed by atoms with E-state index in [1.54, 1.807) is 0 Å². The third-order valence-electron chi connectivity index (χ3n) is 4.58. The average molecular weight is 269 g/mol. The number of rotatable bonds is 1. The molecule has 1 amide bonds. The summed E-state index contributed by atoms with van der Waals surface area (Å²) in [6.45, 7) is 15.7. The van der Waals surface area contributed by atoms with Gasteiger partial charge in [-0.25, -0.2) is 4.79 Å². The highest BCUT2D eigenvalue weighted by Gasteiger charge is 2.47. The van der Waals surface area contributed by atoms with Gasteiger partial charge in [-0.15, -0.1) is 0 Å². The lowest BCUT2D eigenvalue weighted by atomic mass is 9.59. The maximum Gasteiger partial charge on any atom is 0.404 e. The number of hydrogen-bond donors (Lipinski definition) is 1. The van der Waals surface area contributed by atoms with Crippen LogP contribution in [0.4, 0.5) is 4.79 Å². The Kier molecular flexibility index (Phi) is 4.58. The van der Waals surface area contributed by atoms with E-state index >= 15 is 0 Å². The summed E-state index contributed by atoms with van der Waals surface area (Å²) in [6.07, 6.45) is 1.51. The van der Waals surface area contributed by atoms with Gasteiger partial charge in [-0.2, -0.15) is 0 Å². The monoisotopic (exact) mass is 269 g/mol. The van der Waals surface area contributed by atoms with Gasteiger partial charge in [-0.05, 0) is 29.6 Å². The van der Waals surface area contributed by atoms with Crippen LogP contribution in [0.3, 0.4) is 0 Å². The number of ether oxygens (including phenoxy) is 1. The van der Waals surface area contributed by atoms with E-state index in [-0.39, 0.29) is 16.9 Å². The zero-order valence-corrected chi connectivity index (χ0v) is 13.6. The molecule has 1 saturated carbocycles. The number of carbonyl (C=O) groups excluding carboxylic acids is 1. The first-order valence-electron chi connectivity index (χ1n) is 7.39. The van der Waals surface area contributed by atoms with Gasteiger partial charge in [0, 0.05) is 11.8 Å². The van der Waals surface area contributed by atoms with E-state index in [1.807, 2.05) is 0 Å². The molecule has 0 saturated heterocycles. The summed E-state index contributed by atoms with van der Waals surface area (Å²) in [5, 5.41) is 0. The van der Waals surface area contributed by atoms with E-state index in [0.717, 1.165) is 12.8 Å². The molecule has 0 aliphatic heterocycles. The number of carbonyl (C=O) groups is 1. The first-order valence-corrected chi connectivity index (χ1v) is 7.39. The Balaban J connectivity index is 3.10. The molecule has 1 aliphatic rings. The third-order valence-corrected chi connectivity index (χ3v) is 4.58. The molecule has 2 N–H and O–H groups in total. The van der Waals surface area contributed by atoms with Gasteiger partial charge in [-0.1, -0.05) is 48.5 Å². The van der Waals surface area contributed by atoms with Gasteiger partial charge in [0.25, 0.3) is 0 Å². The minimum atomic E-state index is -0.636. The Morgan fingerprint density at radius 2 is 1.37 bits per heavy atom. The molecule has 1 fully saturated rings. The molecule has 0 radical (unpaired) electrons. The maximum absolute atomic E-state index is 11.3. The zero-order chi connectivity index (χ0) is 15.0. The summed E-state index contributed by atoms with van der Waals surface area (Å²) in [4.78, 5) is 11.3. The molecule has 112 valence electrons. The van der Waals surface area contributed by atoms with Crippen molar-refractivity contribution in [3.8, 4) is 0 Å². The van der Waals surface area contributed by atoms with E-state index in [9.17, 15) is 4.79 Å². The first-order chi connectivity index (χ1) is 8.43.